The summed E-state index contributed by atoms with van der Waals surface area (Å²) in [5, 5.41) is 18.5. The zero-order valence-corrected chi connectivity index (χ0v) is 14.1. The van der Waals surface area contributed by atoms with Crippen molar-refractivity contribution in [1.29, 1.82) is 10.5 Å². The normalized spacial score (nSPS) is 14.9. The fourth-order valence-corrected chi connectivity index (χ4v) is 3.16. The third-order valence-electron chi connectivity index (χ3n) is 4.91. The fourth-order valence-electron chi connectivity index (χ4n) is 3.16. The number of pyridine rings is 2. The highest BCUT2D eigenvalue weighted by molar-refractivity contribution is 5.91. The minimum atomic E-state index is -0.315. The molecule has 1 aliphatic carbocycles. The van der Waals surface area contributed by atoms with Crippen LogP contribution in [0.1, 0.15) is 31.0 Å². The van der Waals surface area contributed by atoms with Crippen LogP contribution in [-0.2, 0) is 13.5 Å². The van der Waals surface area contributed by atoms with Crippen molar-refractivity contribution in [2.45, 2.75) is 32.2 Å². The molecule has 2 heterocycles. The number of nitrogens with zero attached hydrogens (tertiary/aromatic N) is 5. The molecule has 6 heteroatoms. The smallest absolute Gasteiger partial charge is 0.270 e. The maximum Gasteiger partial charge on any atom is 0.270 e. The highest BCUT2D eigenvalue weighted by Crippen LogP contribution is 2.38. The van der Waals surface area contributed by atoms with Gasteiger partial charge in [-0.25, -0.2) is 4.98 Å². The van der Waals surface area contributed by atoms with E-state index in [1.54, 1.807) is 19.2 Å². The Morgan fingerprint density at radius 2 is 2.12 bits per heavy atom. The Labute approximate surface area is 140 Å². The van der Waals surface area contributed by atoms with E-state index in [4.69, 9.17) is 5.26 Å². The van der Waals surface area contributed by atoms with E-state index in [2.05, 4.69) is 24.0 Å². The molecule has 1 aliphatic rings. The molecule has 2 aromatic rings. The number of fused-ring (bicyclic) bond motifs is 1. The summed E-state index contributed by atoms with van der Waals surface area (Å²) in [6.45, 7) is 2.11. The van der Waals surface area contributed by atoms with E-state index in [1.807, 2.05) is 11.9 Å². The SMILES string of the molecule is CC(C1CC1)N(C)c1c(C#N)c(=O)n(C)c2ccc(CC#N)nc12. The minimum Gasteiger partial charge on any atom is -0.369 e. The molecule has 0 radical (unpaired) electrons. The van der Waals surface area contributed by atoms with Gasteiger partial charge in [0.05, 0.1) is 29.4 Å². The van der Waals surface area contributed by atoms with Gasteiger partial charge in [-0.3, -0.25) is 4.79 Å². The molecule has 24 heavy (non-hydrogen) atoms. The molecule has 1 fully saturated rings. The van der Waals surface area contributed by atoms with E-state index in [-0.39, 0.29) is 23.6 Å². The summed E-state index contributed by atoms with van der Waals surface area (Å²) in [5.74, 6) is 0.586. The molecule has 0 N–H and O–H groups in total. The summed E-state index contributed by atoms with van der Waals surface area (Å²) >= 11 is 0. The summed E-state index contributed by atoms with van der Waals surface area (Å²) in [6.07, 6.45) is 2.54. The van der Waals surface area contributed by atoms with E-state index < -0.39 is 0 Å². The first kappa shape index (κ1) is 16.0. The zero-order valence-electron chi connectivity index (χ0n) is 14.1. The second kappa shape index (κ2) is 5.98. The lowest BCUT2D eigenvalue weighted by molar-refractivity contribution is 0.609. The second-order valence-corrected chi connectivity index (χ2v) is 6.39. The average molecular weight is 321 g/mol. The van der Waals surface area contributed by atoms with Gasteiger partial charge in [0.2, 0.25) is 0 Å². The molecule has 0 aromatic carbocycles. The van der Waals surface area contributed by atoms with Gasteiger partial charge in [0.1, 0.15) is 17.1 Å². The highest BCUT2D eigenvalue weighted by Gasteiger charge is 2.33. The van der Waals surface area contributed by atoms with Crippen LogP contribution >= 0.6 is 0 Å². The van der Waals surface area contributed by atoms with Crippen LogP contribution in [-0.4, -0.2) is 22.6 Å². The maximum absolute atomic E-state index is 12.6. The van der Waals surface area contributed by atoms with Gasteiger partial charge in [-0.1, -0.05) is 0 Å². The molecule has 3 rings (SSSR count). The van der Waals surface area contributed by atoms with E-state index in [0.29, 0.717) is 28.3 Å². The van der Waals surface area contributed by atoms with Crippen molar-refractivity contribution in [3.63, 3.8) is 0 Å². The van der Waals surface area contributed by atoms with Crippen LogP contribution in [0.2, 0.25) is 0 Å². The Morgan fingerprint density at radius 3 is 2.71 bits per heavy atom. The van der Waals surface area contributed by atoms with Gasteiger partial charge in [0.15, 0.2) is 0 Å². The number of nitriles is 2. The van der Waals surface area contributed by atoms with Crippen molar-refractivity contribution in [3.05, 3.63) is 33.7 Å². The van der Waals surface area contributed by atoms with Crippen LogP contribution in [0.4, 0.5) is 5.69 Å². The summed E-state index contributed by atoms with van der Waals surface area (Å²) in [5.41, 5.74) is 2.30. The van der Waals surface area contributed by atoms with Crippen LogP contribution in [0.5, 0.6) is 0 Å². The summed E-state index contributed by atoms with van der Waals surface area (Å²) in [7, 11) is 3.56. The summed E-state index contributed by atoms with van der Waals surface area (Å²) < 4.78 is 1.45. The van der Waals surface area contributed by atoms with Gasteiger partial charge in [0.25, 0.3) is 5.56 Å². The molecule has 0 spiro atoms. The minimum absolute atomic E-state index is 0.113. The molecule has 0 saturated heterocycles. The second-order valence-electron chi connectivity index (χ2n) is 6.39. The third kappa shape index (κ3) is 2.51. The number of anilines is 1. The largest absolute Gasteiger partial charge is 0.369 e. The summed E-state index contributed by atoms with van der Waals surface area (Å²) in [4.78, 5) is 19.2. The number of aromatic nitrogens is 2. The topological polar surface area (TPSA) is 85.7 Å². The Kier molecular flexibility index (Phi) is 3.99. The van der Waals surface area contributed by atoms with Crippen LogP contribution in [0.3, 0.4) is 0 Å². The predicted molar refractivity (Wildman–Crippen MR) is 91.6 cm³/mol. The average Bonchev–Trinajstić information content (AvgIpc) is 3.41. The molecule has 2 aromatic heterocycles. The Balaban J connectivity index is 2.32. The van der Waals surface area contributed by atoms with E-state index in [1.165, 1.54) is 17.4 Å². The van der Waals surface area contributed by atoms with Crippen LogP contribution in [0.25, 0.3) is 11.0 Å². The zero-order chi connectivity index (χ0) is 17.4. The first-order chi connectivity index (χ1) is 11.5. The quantitative estimate of drug-likeness (QED) is 0.861. The van der Waals surface area contributed by atoms with Gasteiger partial charge in [-0.2, -0.15) is 10.5 Å². The third-order valence-corrected chi connectivity index (χ3v) is 4.91. The first-order valence-electron chi connectivity index (χ1n) is 8.02. The van der Waals surface area contributed by atoms with Gasteiger partial charge >= 0.3 is 0 Å². The van der Waals surface area contributed by atoms with Crippen molar-refractivity contribution in [2.75, 3.05) is 11.9 Å². The lowest BCUT2D eigenvalue weighted by atomic mass is 10.1. The number of rotatable bonds is 4. The number of hydrogen-bond acceptors (Lipinski definition) is 5. The molecule has 122 valence electrons. The molecule has 0 amide bonds. The molecule has 0 bridgehead atoms. The van der Waals surface area contributed by atoms with E-state index in [9.17, 15) is 10.1 Å². The number of aryl methyl sites for hydroxylation is 1. The van der Waals surface area contributed by atoms with E-state index in [0.717, 1.165) is 0 Å². The first-order valence-corrected chi connectivity index (χ1v) is 8.02. The lowest BCUT2D eigenvalue weighted by Gasteiger charge is -2.29. The van der Waals surface area contributed by atoms with Crippen molar-refractivity contribution in [1.82, 2.24) is 9.55 Å². The van der Waals surface area contributed by atoms with Crippen molar-refractivity contribution in [3.8, 4) is 12.1 Å². The Hall–Kier alpha value is -2.86. The van der Waals surface area contributed by atoms with Crippen molar-refractivity contribution in [2.24, 2.45) is 13.0 Å². The van der Waals surface area contributed by atoms with Crippen LogP contribution in [0.15, 0.2) is 16.9 Å². The standard InChI is InChI=1S/C18H19N5O/c1-11(12-4-5-12)22(2)17-14(10-20)18(24)23(3)15-7-6-13(8-9-19)21-16(15)17/h6-7,11-12H,4-5,8H2,1-3H3. The molecule has 0 aliphatic heterocycles. The maximum atomic E-state index is 12.6. The van der Waals surface area contributed by atoms with Gasteiger partial charge in [-0.15, -0.1) is 0 Å². The fraction of sp³-hybridized carbons (Fsp3) is 0.444. The van der Waals surface area contributed by atoms with Crippen molar-refractivity contribution < 1.29 is 0 Å². The molecule has 1 atom stereocenters. The van der Waals surface area contributed by atoms with Gasteiger partial charge < -0.3 is 9.47 Å². The van der Waals surface area contributed by atoms with Crippen LogP contribution in [0, 0.1) is 28.6 Å². The Morgan fingerprint density at radius 1 is 1.42 bits per heavy atom. The molecular weight excluding hydrogens is 302 g/mol. The van der Waals surface area contributed by atoms with Gasteiger partial charge in [0, 0.05) is 20.1 Å². The monoisotopic (exact) mass is 321 g/mol. The molecular formula is C18H19N5O. The van der Waals surface area contributed by atoms with Crippen LogP contribution < -0.4 is 10.5 Å². The van der Waals surface area contributed by atoms with Gasteiger partial charge in [-0.05, 0) is 37.8 Å². The van der Waals surface area contributed by atoms with E-state index >= 15 is 0 Å². The highest BCUT2D eigenvalue weighted by atomic mass is 16.1. The lowest BCUT2D eigenvalue weighted by Crippen LogP contribution is -2.34. The molecule has 1 saturated carbocycles. The molecule has 6 nitrogen and oxygen atoms in total. The predicted octanol–water partition coefficient (Wildman–Crippen LogP) is 2.11. The Bertz CT molecular complexity index is 943. The van der Waals surface area contributed by atoms with Crippen molar-refractivity contribution >= 4 is 16.7 Å². The number of hydrogen-bond donors (Lipinski definition) is 0. The summed E-state index contributed by atoms with van der Waals surface area (Å²) in [6, 6.07) is 7.94. The molecule has 1 unspecified atom stereocenters.